The SMILES string of the molecule is CCC1Oc2cc(C(C)NC(=O)C(C)(C)N)ccc2NC1=O. The van der Waals surface area contributed by atoms with Crippen LogP contribution in [0.5, 0.6) is 5.75 Å². The van der Waals surface area contributed by atoms with Crippen LogP contribution in [0.2, 0.25) is 0 Å². The minimum atomic E-state index is -0.930. The van der Waals surface area contributed by atoms with E-state index in [0.717, 1.165) is 5.56 Å². The van der Waals surface area contributed by atoms with E-state index >= 15 is 0 Å². The maximum atomic E-state index is 12.0. The van der Waals surface area contributed by atoms with Crippen LogP contribution >= 0.6 is 0 Å². The molecule has 0 saturated heterocycles. The fourth-order valence-corrected chi connectivity index (χ4v) is 2.16. The Labute approximate surface area is 130 Å². The molecule has 120 valence electrons. The highest BCUT2D eigenvalue weighted by Crippen LogP contribution is 2.33. The van der Waals surface area contributed by atoms with Crippen molar-refractivity contribution in [3.05, 3.63) is 23.8 Å². The molecule has 1 aromatic rings. The van der Waals surface area contributed by atoms with Gasteiger partial charge in [0.15, 0.2) is 6.10 Å². The fourth-order valence-electron chi connectivity index (χ4n) is 2.16. The largest absolute Gasteiger partial charge is 0.478 e. The van der Waals surface area contributed by atoms with Crippen LogP contribution in [0.15, 0.2) is 18.2 Å². The molecule has 4 N–H and O–H groups in total. The van der Waals surface area contributed by atoms with E-state index in [-0.39, 0.29) is 17.9 Å². The summed E-state index contributed by atoms with van der Waals surface area (Å²) in [5.74, 6) is 0.268. The second-order valence-corrected chi connectivity index (χ2v) is 6.18. The number of benzene rings is 1. The van der Waals surface area contributed by atoms with E-state index in [4.69, 9.17) is 10.5 Å². The molecule has 0 bridgehead atoms. The molecule has 0 saturated carbocycles. The van der Waals surface area contributed by atoms with Gasteiger partial charge < -0.3 is 21.1 Å². The van der Waals surface area contributed by atoms with Crippen molar-refractivity contribution >= 4 is 17.5 Å². The number of ether oxygens (including phenoxy) is 1. The predicted molar refractivity (Wildman–Crippen MR) is 84.6 cm³/mol. The summed E-state index contributed by atoms with van der Waals surface area (Å²) in [6, 6.07) is 5.27. The molecule has 6 heteroatoms. The Kier molecular flexibility index (Phi) is 4.42. The number of anilines is 1. The number of hydrogen-bond donors (Lipinski definition) is 3. The van der Waals surface area contributed by atoms with Gasteiger partial charge >= 0.3 is 0 Å². The summed E-state index contributed by atoms with van der Waals surface area (Å²) in [6.45, 7) is 7.09. The van der Waals surface area contributed by atoms with Crippen molar-refractivity contribution in [1.29, 1.82) is 0 Å². The fraction of sp³-hybridized carbons (Fsp3) is 0.500. The average molecular weight is 305 g/mol. The zero-order valence-corrected chi connectivity index (χ0v) is 13.4. The number of hydrogen-bond acceptors (Lipinski definition) is 4. The van der Waals surface area contributed by atoms with Gasteiger partial charge in [0.2, 0.25) is 5.91 Å². The second kappa shape index (κ2) is 5.96. The normalized spacial score (nSPS) is 18.8. The lowest BCUT2D eigenvalue weighted by Gasteiger charge is -2.27. The first-order valence-electron chi connectivity index (χ1n) is 7.43. The molecule has 0 radical (unpaired) electrons. The first-order valence-corrected chi connectivity index (χ1v) is 7.43. The van der Waals surface area contributed by atoms with Crippen LogP contribution in [0, 0.1) is 0 Å². The Hall–Kier alpha value is -2.08. The number of carbonyl (C=O) groups excluding carboxylic acids is 2. The first kappa shape index (κ1) is 16.3. The molecule has 0 aromatic heterocycles. The summed E-state index contributed by atoms with van der Waals surface area (Å²) in [7, 11) is 0. The van der Waals surface area contributed by atoms with Crippen molar-refractivity contribution in [2.75, 3.05) is 5.32 Å². The highest BCUT2D eigenvalue weighted by atomic mass is 16.5. The van der Waals surface area contributed by atoms with Crippen LogP contribution in [0.1, 0.15) is 45.7 Å². The van der Waals surface area contributed by atoms with E-state index in [9.17, 15) is 9.59 Å². The smallest absolute Gasteiger partial charge is 0.265 e. The molecular weight excluding hydrogens is 282 g/mol. The summed E-state index contributed by atoms with van der Waals surface area (Å²) >= 11 is 0. The highest BCUT2D eigenvalue weighted by Gasteiger charge is 2.27. The third-order valence-electron chi connectivity index (χ3n) is 3.63. The molecule has 1 aliphatic heterocycles. The number of rotatable bonds is 4. The molecular formula is C16H23N3O3. The number of fused-ring (bicyclic) bond motifs is 1. The maximum absolute atomic E-state index is 12.0. The molecule has 22 heavy (non-hydrogen) atoms. The molecule has 0 spiro atoms. The predicted octanol–water partition coefficient (Wildman–Crippen LogP) is 1.71. The molecule has 2 rings (SSSR count). The van der Waals surface area contributed by atoms with Gasteiger partial charge in [0, 0.05) is 0 Å². The van der Waals surface area contributed by atoms with Crippen molar-refractivity contribution in [2.45, 2.75) is 51.8 Å². The average Bonchev–Trinajstić information content (AvgIpc) is 2.44. The first-order chi connectivity index (χ1) is 10.2. The van der Waals surface area contributed by atoms with Gasteiger partial charge in [0.25, 0.3) is 5.91 Å². The molecule has 2 unspecified atom stereocenters. The molecule has 1 aliphatic rings. The van der Waals surface area contributed by atoms with E-state index < -0.39 is 11.6 Å². The Morgan fingerprint density at radius 3 is 2.77 bits per heavy atom. The van der Waals surface area contributed by atoms with Crippen molar-refractivity contribution < 1.29 is 14.3 Å². The monoisotopic (exact) mass is 305 g/mol. The van der Waals surface area contributed by atoms with E-state index in [1.54, 1.807) is 19.9 Å². The highest BCUT2D eigenvalue weighted by molar-refractivity contribution is 5.97. The van der Waals surface area contributed by atoms with Crippen LogP contribution in [-0.4, -0.2) is 23.5 Å². The van der Waals surface area contributed by atoms with E-state index in [1.165, 1.54) is 0 Å². The molecule has 2 atom stereocenters. The number of nitrogens with one attached hydrogen (secondary N) is 2. The molecule has 1 aromatic carbocycles. The topological polar surface area (TPSA) is 93.4 Å². The Bertz CT molecular complexity index is 593. The zero-order valence-electron chi connectivity index (χ0n) is 13.4. The van der Waals surface area contributed by atoms with Crippen molar-refractivity contribution in [2.24, 2.45) is 5.73 Å². The zero-order chi connectivity index (χ0) is 16.5. The van der Waals surface area contributed by atoms with Crippen molar-refractivity contribution in [3.8, 4) is 5.75 Å². The Balaban J connectivity index is 2.17. The number of amides is 2. The molecule has 0 fully saturated rings. The quantitative estimate of drug-likeness (QED) is 0.789. The van der Waals surface area contributed by atoms with E-state index in [0.29, 0.717) is 17.9 Å². The summed E-state index contributed by atoms with van der Waals surface area (Å²) in [6.07, 6.45) is 0.124. The van der Waals surface area contributed by atoms with Crippen LogP contribution in [0.25, 0.3) is 0 Å². The molecule has 1 heterocycles. The second-order valence-electron chi connectivity index (χ2n) is 6.18. The maximum Gasteiger partial charge on any atom is 0.265 e. The van der Waals surface area contributed by atoms with E-state index in [2.05, 4.69) is 10.6 Å². The summed E-state index contributed by atoms with van der Waals surface area (Å²) in [5.41, 5.74) is 6.39. The van der Waals surface area contributed by atoms with Crippen LogP contribution < -0.4 is 21.1 Å². The van der Waals surface area contributed by atoms with Gasteiger partial charge in [-0.3, -0.25) is 9.59 Å². The van der Waals surface area contributed by atoms with Gasteiger partial charge in [-0.05, 0) is 44.9 Å². The molecule has 6 nitrogen and oxygen atoms in total. The van der Waals surface area contributed by atoms with Gasteiger partial charge in [0.05, 0.1) is 17.3 Å². The Morgan fingerprint density at radius 2 is 2.18 bits per heavy atom. The Morgan fingerprint density at radius 1 is 1.50 bits per heavy atom. The lowest BCUT2D eigenvalue weighted by molar-refractivity contribution is -0.126. The number of carbonyl (C=O) groups is 2. The van der Waals surface area contributed by atoms with Gasteiger partial charge in [-0.1, -0.05) is 13.0 Å². The van der Waals surface area contributed by atoms with E-state index in [1.807, 2.05) is 26.0 Å². The molecule has 0 aliphatic carbocycles. The third kappa shape index (κ3) is 3.39. The summed E-state index contributed by atoms with van der Waals surface area (Å²) in [5, 5.41) is 5.69. The summed E-state index contributed by atoms with van der Waals surface area (Å²) < 4.78 is 5.71. The van der Waals surface area contributed by atoms with Crippen LogP contribution in [-0.2, 0) is 9.59 Å². The lowest BCUT2D eigenvalue weighted by atomic mass is 10.0. The summed E-state index contributed by atoms with van der Waals surface area (Å²) in [4.78, 5) is 23.7. The lowest BCUT2D eigenvalue weighted by Crippen LogP contribution is -2.49. The van der Waals surface area contributed by atoms with Crippen LogP contribution in [0.4, 0.5) is 5.69 Å². The van der Waals surface area contributed by atoms with Crippen LogP contribution in [0.3, 0.4) is 0 Å². The standard InChI is InChI=1S/C16H23N3O3/c1-5-12-14(20)19-11-7-6-10(8-13(11)22-12)9(2)18-15(21)16(3,4)17/h6-9,12H,5,17H2,1-4H3,(H,18,21)(H,19,20). The van der Waals surface area contributed by atoms with Crippen molar-refractivity contribution in [3.63, 3.8) is 0 Å². The minimum Gasteiger partial charge on any atom is -0.478 e. The third-order valence-corrected chi connectivity index (χ3v) is 3.63. The van der Waals surface area contributed by atoms with Crippen molar-refractivity contribution in [1.82, 2.24) is 5.32 Å². The number of nitrogens with two attached hydrogens (primary N) is 1. The van der Waals surface area contributed by atoms with Gasteiger partial charge in [0.1, 0.15) is 5.75 Å². The minimum absolute atomic E-state index is 0.131. The van der Waals surface area contributed by atoms with Gasteiger partial charge in [-0.2, -0.15) is 0 Å². The van der Waals surface area contributed by atoms with Gasteiger partial charge in [-0.15, -0.1) is 0 Å². The molecule has 2 amide bonds. The van der Waals surface area contributed by atoms with Gasteiger partial charge in [-0.25, -0.2) is 0 Å².